The third kappa shape index (κ3) is 2.69. The maximum absolute atomic E-state index is 11.4. The summed E-state index contributed by atoms with van der Waals surface area (Å²) in [5.41, 5.74) is 0.952. The van der Waals surface area contributed by atoms with Gasteiger partial charge in [0.2, 0.25) is 0 Å². The van der Waals surface area contributed by atoms with Gasteiger partial charge in [-0.25, -0.2) is 4.79 Å². The number of rotatable bonds is 3. The summed E-state index contributed by atoms with van der Waals surface area (Å²) in [6, 6.07) is 14.4. The van der Waals surface area contributed by atoms with Gasteiger partial charge in [-0.05, 0) is 35.9 Å². The summed E-state index contributed by atoms with van der Waals surface area (Å²) < 4.78 is 5.74. The molecule has 4 heteroatoms. The summed E-state index contributed by atoms with van der Waals surface area (Å²) in [5, 5.41) is 11.2. The first-order chi connectivity index (χ1) is 10.1. The molecular weight excluding hydrogens is 266 g/mol. The van der Waals surface area contributed by atoms with Crippen LogP contribution in [0.2, 0.25) is 0 Å². The van der Waals surface area contributed by atoms with E-state index in [0.717, 1.165) is 16.5 Å². The highest BCUT2D eigenvalue weighted by atomic mass is 16.5. The third-order valence-corrected chi connectivity index (χ3v) is 3.17. The van der Waals surface area contributed by atoms with Crippen LogP contribution in [-0.2, 0) is 0 Å². The van der Waals surface area contributed by atoms with Gasteiger partial charge in [-0.3, -0.25) is 4.98 Å². The normalized spacial score (nSPS) is 10.5. The standard InChI is InChI=1S/C17H13NO3/c1-11-8-14(6-7-18-11)21-16-10-13-5-3-2-4-12(13)9-15(16)17(19)20/h2-10H,1H3,(H,19,20). The lowest BCUT2D eigenvalue weighted by molar-refractivity contribution is 0.0694. The lowest BCUT2D eigenvalue weighted by Crippen LogP contribution is -2.00. The molecule has 0 atom stereocenters. The van der Waals surface area contributed by atoms with Crippen LogP contribution in [0.3, 0.4) is 0 Å². The maximum Gasteiger partial charge on any atom is 0.339 e. The summed E-state index contributed by atoms with van der Waals surface area (Å²) in [6.45, 7) is 1.85. The van der Waals surface area contributed by atoms with Crippen LogP contribution in [0.1, 0.15) is 16.1 Å². The highest BCUT2D eigenvalue weighted by Gasteiger charge is 2.13. The quantitative estimate of drug-likeness (QED) is 0.786. The van der Waals surface area contributed by atoms with Crippen molar-refractivity contribution in [3.8, 4) is 11.5 Å². The van der Waals surface area contributed by atoms with Crippen molar-refractivity contribution in [1.82, 2.24) is 4.98 Å². The van der Waals surface area contributed by atoms with Crippen molar-refractivity contribution in [1.29, 1.82) is 0 Å². The van der Waals surface area contributed by atoms with Crippen molar-refractivity contribution in [3.63, 3.8) is 0 Å². The Morgan fingerprint density at radius 1 is 1.10 bits per heavy atom. The molecule has 0 amide bonds. The first-order valence-corrected chi connectivity index (χ1v) is 6.50. The number of aromatic carboxylic acids is 1. The van der Waals surface area contributed by atoms with Gasteiger partial charge in [0.1, 0.15) is 17.1 Å². The van der Waals surface area contributed by atoms with Crippen molar-refractivity contribution in [2.45, 2.75) is 6.92 Å². The zero-order valence-corrected chi connectivity index (χ0v) is 11.4. The number of hydrogen-bond donors (Lipinski definition) is 1. The van der Waals surface area contributed by atoms with Crippen LogP contribution < -0.4 is 4.74 Å². The summed E-state index contributed by atoms with van der Waals surface area (Å²) >= 11 is 0. The number of aromatic nitrogens is 1. The average Bonchev–Trinajstić information content (AvgIpc) is 2.46. The molecule has 0 aliphatic carbocycles. The Kier molecular flexibility index (Phi) is 3.28. The second kappa shape index (κ2) is 5.25. The van der Waals surface area contributed by atoms with E-state index in [1.165, 1.54) is 0 Å². The topological polar surface area (TPSA) is 59.4 Å². The molecule has 1 N–H and O–H groups in total. The minimum absolute atomic E-state index is 0.142. The number of benzene rings is 2. The molecule has 0 unspecified atom stereocenters. The summed E-state index contributed by atoms with van der Waals surface area (Å²) in [4.78, 5) is 15.5. The van der Waals surface area contributed by atoms with E-state index in [2.05, 4.69) is 4.98 Å². The fourth-order valence-corrected chi connectivity index (χ4v) is 2.18. The zero-order chi connectivity index (χ0) is 14.8. The van der Waals surface area contributed by atoms with Crippen LogP contribution >= 0.6 is 0 Å². The van der Waals surface area contributed by atoms with Crippen LogP contribution in [0.15, 0.2) is 54.7 Å². The minimum Gasteiger partial charge on any atom is -0.478 e. The molecule has 1 heterocycles. The van der Waals surface area contributed by atoms with Crippen molar-refractivity contribution >= 4 is 16.7 Å². The molecule has 0 fully saturated rings. The van der Waals surface area contributed by atoms with Crippen molar-refractivity contribution in [2.24, 2.45) is 0 Å². The van der Waals surface area contributed by atoms with Crippen LogP contribution in [0.5, 0.6) is 11.5 Å². The summed E-state index contributed by atoms with van der Waals surface area (Å²) in [7, 11) is 0. The lowest BCUT2D eigenvalue weighted by Gasteiger charge is -2.10. The Hall–Kier alpha value is -2.88. The Morgan fingerprint density at radius 2 is 1.81 bits per heavy atom. The molecule has 0 radical (unpaired) electrons. The van der Waals surface area contributed by atoms with Gasteiger partial charge in [0.25, 0.3) is 0 Å². The SMILES string of the molecule is Cc1cc(Oc2cc3ccccc3cc2C(=O)O)ccn1. The van der Waals surface area contributed by atoms with Gasteiger partial charge >= 0.3 is 5.97 Å². The van der Waals surface area contributed by atoms with Crippen LogP contribution in [-0.4, -0.2) is 16.1 Å². The molecule has 0 aliphatic rings. The number of fused-ring (bicyclic) bond motifs is 1. The van der Waals surface area contributed by atoms with Gasteiger partial charge < -0.3 is 9.84 Å². The Bertz CT molecular complexity index is 827. The molecule has 0 saturated heterocycles. The largest absolute Gasteiger partial charge is 0.478 e. The highest BCUT2D eigenvalue weighted by molar-refractivity contribution is 5.97. The van der Waals surface area contributed by atoms with Gasteiger partial charge in [0.15, 0.2) is 0 Å². The molecule has 0 aliphatic heterocycles. The van der Waals surface area contributed by atoms with Crippen molar-refractivity contribution in [3.05, 3.63) is 66.0 Å². The average molecular weight is 279 g/mol. The van der Waals surface area contributed by atoms with E-state index >= 15 is 0 Å². The molecule has 4 nitrogen and oxygen atoms in total. The molecule has 3 rings (SSSR count). The van der Waals surface area contributed by atoms with Crippen LogP contribution in [0.4, 0.5) is 0 Å². The molecular formula is C17H13NO3. The number of carboxylic acids is 1. The van der Waals surface area contributed by atoms with E-state index in [0.29, 0.717) is 11.5 Å². The molecule has 0 bridgehead atoms. The minimum atomic E-state index is -1.01. The van der Waals surface area contributed by atoms with Gasteiger partial charge in [-0.2, -0.15) is 0 Å². The molecule has 104 valence electrons. The Morgan fingerprint density at radius 3 is 2.48 bits per heavy atom. The molecule has 3 aromatic rings. The monoisotopic (exact) mass is 279 g/mol. The first kappa shape index (κ1) is 13.1. The predicted molar refractivity (Wildman–Crippen MR) is 80.0 cm³/mol. The maximum atomic E-state index is 11.4. The highest BCUT2D eigenvalue weighted by Crippen LogP contribution is 2.30. The van der Waals surface area contributed by atoms with Crippen molar-refractivity contribution < 1.29 is 14.6 Å². The number of carboxylic acid groups (broad SMARTS) is 1. The smallest absolute Gasteiger partial charge is 0.339 e. The van der Waals surface area contributed by atoms with E-state index in [-0.39, 0.29) is 5.56 Å². The molecule has 0 spiro atoms. The Labute approximate surface area is 121 Å². The van der Waals surface area contributed by atoms with E-state index in [9.17, 15) is 9.90 Å². The second-order valence-corrected chi connectivity index (χ2v) is 4.74. The third-order valence-electron chi connectivity index (χ3n) is 3.17. The van der Waals surface area contributed by atoms with E-state index in [4.69, 9.17) is 4.74 Å². The number of hydrogen-bond acceptors (Lipinski definition) is 3. The van der Waals surface area contributed by atoms with E-state index in [1.807, 2.05) is 31.2 Å². The number of pyridine rings is 1. The molecule has 0 saturated carbocycles. The Balaban J connectivity index is 2.11. The van der Waals surface area contributed by atoms with E-state index < -0.39 is 5.97 Å². The number of nitrogens with zero attached hydrogens (tertiary/aromatic N) is 1. The van der Waals surface area contributed by atoms with Crippen molar-refractivity contribution in [2.75, 3.05) is 0 Å². The van der Waals surface area contributed by atoms with Gasteiger partial charge in [-0.15, -0.1) is 0 Å². The zero-order valence-electron chi connectivity index (χ0n) is 11.4. The molecule has 21 heavy (non-hydrogen) atoms. The number of aryl methyl sites for hydroxylation is 1. The van der Waals surface area contributed by atoms with Crippen LogP contribution in [0, 0.1) is 6.92 Å². The number of carbonyl (C=O) groups is 1. The molecule has 1 aromatic heterocycles. The molecule has 2 aromatic carbocycles. The first-order valence-electron chi connectivity index (χ1n) is 6.50. The van der Waals surface area contributed by atoms with Crippen LogP contribution in [0.25, 0.3) is 10.8 Å². The lowest BCUT2D eigenvalue weighted by atomic mass is 10.1. The van der Waals surface area contributed by atoms with Gasteiger partial charge in [-0.1, -0.05) is 24.3 Å². The number of ether oxygens (including phenoxy) is 1. The van der Waals surface area contributed by atoms with Gasteiger partial charge in [0, 0.05) is 18.0 Å². The summed E-state index contributed by atoms with van der Waals surface area (Å²) in [5.74, 6) is -0.117. The van der Waals surface area contributed by atoms with E-state index in [1.54, 1.807) is 30.5 Å². The fourth-order valence-electron chi connectivity index (χ4n) is 2.18. The predicted octanol–water partition coefficient (Wildman–Crippen LogP) is 4.03. The fraction of sp³-hybridized carbons (Fsp3) is 0.0588. The van der Waals surface area contributed by atoms with Gasteiger partial charge in [0.05, 0.1) is 0 Å². The second-order valence-electron chi connectivity index (χ2n) is 4.74. The summed E-state index contributed by atoms with van der Waals surface area (Å²) in [6.07, 6.45) is 1.63.